The molecule has 10 heavy (non-hydrogen) atoms. The van der Waals surface area contributed by atoms with Gasteiger partial charge in [0.1, 0.15) is 0 Å². The Balaban J connectivity index is 2.71. The molecule has 1 aliphatic carbocycles. The fourth-order valence-electron chi connectivity index (χ4n) is 0.767. The minimum atomic E-state index is -0.0136. The smallest absolute Gasteiger partial charge is 0.0811 e. The predicted molar refractivity (Wildman–Crippen MR) is 43.0 cm³/mol. The summed E-state index contributed by atoms with van der Waals surface area (Å²) in [7, 11) is 5.56. The van der Waals surface area contributed by atoms with E-state index in [0.29, 0.717) is 0 Å². The molecule has 1 N–H and O–H groups in total. The fraction of sp³-hybridized carbons (Fsp3) is 0.250. The van der Waals surface area contributed by atoms with Gasteiger partial charge in [-0.1, -0.05) is 30.4 Å². The highest BCUT2D eigenvalue weighted by Crippen LogP contribution is 2.10. The Hall–Kier alpha value is -0.755. The summed E-state index contributed by atoms with van der Waals surface area (Å²) in [6.07, 6.45) is 9.27. The molecule has 0 aromatic rings. The van der Waals surface area contributed by atoms with Crippen molar-refractivity contribution in [2.24, 2.45) is 0 Å². The SMILES string of the molecule is [B]C1C=CC=C(CO)C=C1. The van der Waals surface area contributed by atoms with Crippen LogP contribution in [0.15, 0.2) is 36.0 Å². The van der Waals surface area contributed by atoms with Crippen molar-refractivity contribution < 1.29 is 5.11 Å². The van der Waals surface area contributed by atoms with E-state index in [0.717, 1.165) is 5.57 Å². The van der Waals surface area contributed by atoms with Gasteiger partial charge in [-0.3, -0.25) is 0 Å². The topological polar surface area (TPSA) is 20.2 Å². The van der Waals surface area contributed by atoms with E-state index in [-0.39, 0.29) is 12.4 Å². The molecule has 0 bridgehead atoms. The molecule has 0 saturated carbocycles. The molecule has 0 aromatic carbocycles. The molecule has 1 rings (SSSR count). The van der Waals surface area contributed by atoms with E-state index < -0.39 is 0 Å². The predicted octanol–water partition coefficient (Wildman–Crippen LogP) is 0.988. The Morgan fingerprint density at radius 1 is 1.50 bits per heavy atom. The number of hydrogen-bond acceptors (Lipinski definition) is 1. The van der Waals surface area contributed by atoms with Crippen molar-refractivity contribution in [3.05, 3.63) is 36.0 Å². The Bertz CT molecular complexity index is 191. The van der Waals surface area contributed by atoms with Crippen LogP contribution in [0.5, 0.6) is 0 Å². The van der Waals surface area contributed by atoms with Crippen LogP contribution in [0.2, 0.25) is 5.82 Å². The molecule has 0 aliphatic heterocycles. The van der Waals surface area contributed by atoms with Crippen molar-refractivity contribution in [1.82, 2.24) is 0 Å². The second-order valence-electron chi connectivity index (χ2n) is 2.22. The third-order valence-electron chi connectivity index (χ3n) is 1.36. The van der Waals surface area contributed by atoms with Gasteiger partial charge in [0.2, 0.25) is 0 Å². The molecule has 0 spiro atoms. The molecule has 1 atom stereocenters. The van der Waals surface area contributed by atoms with E-state index in [4.69, 9.17) is 13.0 Å². The van der Waals surface area contributed by atoms with Crippen molar-refractivity contribution in [2.75, 3.05) is 6.61 Å². The molecule has 1 aliphatic rings. The van der Waals surface area contributed by atoms with Crippen LogP contribution in [-0.4, -0.2) is 19.6 Å². The van der Waals surface area contributed by atoms with Crippen molar-refractivity contribution in [1.29, 1.82) is 0 Å². The van der Waals surface area contributed by atoms with Gasteiger partial charge in [-0.15, -0.1) is 0 Å². The third-order valence-corrected chi connectivity index (χ3v) is 1.36. The first-order chi connectivity index (χ1) is 4.83. The molecule has 0 saturated heterocycles. The largest absolute Gasteiger partial charge is 0.392 e. The molecular formula is C8H9BO. The van der Waals surface area contributed by atoms with Crippen molar-refractivity contribution >= 4 is 7.85 Å². The first-order valence-electron chi connectivity index (χ1n) is 3.25. The van der Waals surface area contributed by atoms with E-state index in [1.165, 1.54) is 0 Å². The number of aliphatic hydroxyl groups excluding tert-OH is 1. The van der Waals surface area contributed by atoms with Crippen LogP contribution in [0.25, 0.3) is 0 Å². The highest BCUT2D eigenvalue weighted by molar-refractivity contribution is 6.14. The lowest BCUT2D eigenvalue weighted by molar-refractivity contribution is 0.335. The summed E-state index contributed by atoms with van der Waals surface area (Å²) in [5.41, 5.74) is 0.893. The van der Waals surface area contributed by atoms with Gasteiger partial charge in [0.25, 0.3) is 0 Å². The van der Waals surface area contributed by atoms with Gasteiger partial charge in [0.15, 0.2) is 0 Å². The van der Waals surface area contributed by atoms with Crippen molar-refractivity contribution in [3.8, 4) is 0 Å². The average Bonchev–Trinajstić information content (AvgIpc) is 2.14. The van der Waals surface area contributed by atoms with Gasteiger partial charge >= 0.3 is 0 Å². The minimum absolute atomic E-state index is 0.0136. The number of allylic oxidation sites excluding steroid dienone is 4. The van der Waals surface area contributed by atoms with Crippen LogP contribution >= 0.6 is 0 Å². The van der Waals surface area contributed by atoms with E-state index >= 15 is 0 Å². The molecule has 0 fully saturated rings. The molecule has 2 radical (unpaired) electrons. The number of hydrogen-bond donors (Lipinski definition) is 1. The van der Waals surface area contributed by atoms with E-state index in [1.807, 2.05) is 30.4 Å². The van der Waals surface area contributed by atoms with Gasteiger partial charge in [-0.05, 0) is 11.4 Å². The van der Waals surface area contributed by atoms with Crippen LogP contribution in [0, 0.1) is 0 Å². The molecular weight excluding hydrogens is 123 g/mol. The summed E-state index contributed by atoms with van der Waals surface area (Å²) in [5.74, 6) is -0.0136. The normalized spacial score (nSPS) is 24.1. The second kappa shape index (κ2) is 3.42. The summed E-state index contributed by atoms with van der Waals surface area (Å²) in [6, 6.07) is 0. The lowest BCUT2D eigenvalue weighted by Crippen LogP contribution is -1.84. The molecule has 2 heteroatoms. The molecule has 0 aromatic heterocycles. The molecule has 0 amide bonds. The maximum atomic E-state index is 8.71. The quantitative estimate of drug-likeness (QED) is 0.527. The monoisotopic (exact) mass is 132 g/mol. The van der Waals surface area contributed by atoms with Gasteiger partial charge in [0, 0.05) is 0 Å². The van der Waals surface area contributed by atoms with E-state index in [1.54, 1.807) is 0 Å². The Morgan fingerprint density at radius 3 is 3.00 bits per heavy atom. The Kier molecular flexibility index (Phi) is 2.52. The summed E-state index contributed by atoms with van der Waals surface area (Å²) < 4.78 is 0. The zero-order valence-electron chi connectivity index (χ0n) is 5.70. The van der Waals surface area contributed by atoms with Crippen molar-refractivity contribution in [2.45, 2.75) is 5.82 Å². The third kappa shape index (κ3) is 1.88. The first-order valence-corrected chi connectivity index (χ1v) is 3.25. The highest BCUT2D eigenvalue weighted by atomic mass is 16.3. The zero-order chi connectivity index (χ0) is 7.40. The van der Waals surface area contributed by atoms with Crippen LogP contribution in [0.3, 0.4) is 0 Å². The van der Waals surface area contributed by atoms with Gasteiger partial charge in [-0.25, -0.2) is 0 Å². The van der Waals surface area contributed by atoms with E-state index in [2.05, 4.69) is 0 Å². The van der Waals surface area contributed by atoms with E-state index in [9.17, 15) is 0 Å². The summed E-state index contributed by atoms with van der Waals surface area (Å²) in [6.45, 7) is 0.0769. The van der Waals surface area contributed by atoms with Crippen LogP contribution in [-0.2, 0) is 0 Å². The summed E-state index contributed by atoms with van der Waals surface area (Å²) >= 11 is 0. The maximum Gasteiger partial charge on any atom is 0.0811 e. The van der Waals surface area contributed by atoms with Gasteiger partial charge in [-0.2, -0.15) is 0 Å². The van der Waals surface area contributed by atoms with Crippen LogP contribution in [0.1, 0.15) is 0 Å². The lowest BCUT2D eigenvalue weighted by atomic mass is 9.87. The molecule has 0 heterocycles. The first kappa shape index (κ1) is 7.35. The second-order valence-corrected chi connectivity index (χ2v) is 2.22. The van der Waals surface area contributed by atoms with Gasteiger partial charge < -0.3 is 5.11 Å². The molecule has 50 valence electrons. The number of rotatable bonds is 1. The average molecular weight is 132 g/mol. The lowest BCUT2D eigenvalue weighted by Gasteiger charge is -1.93. The Morgan fingerprint density at radius 2 is 2.30 bits per heavy atom. The zero-order valence-corrected chi connectivity index (χ0v) is 5.70. The summed E-state index contributed by atoms with van der Waals surface area (Å²) in [5, 5.41) is 8.71. The number of aliphatic hydroxyl groups is 1. The maximum absolute atomic E-state index is 8.71. The minimum Gasteiger partial charge on any atom is -0.392 e. The summed E-state index contributed by atoms with van der Waals surface area (Å²) in [4.78, 5) is 0. The van der Waals surface area contributed by atoms with Crippen molar-refractivity contribution in [3.63, 3.8) is 0 Å². The van der Waals surface area contributed by atoms with Gasteiger partial charge in [0.05, 0.1) is 14.5 Å². The fourth-order valence-corrected chi connectivity index (χ4v) is 0.767. The van der Waals surface area contributed by atoms with Crippen LogP contribution in [0.4, 0.5) is 0 Å². The molecule has 1 unspecified atom stereocenters. The standard InChI is InChI=1S/C8H9BO/c9-8-3-1-2-7(6-10)4-5-8/h1-5,8,10H,6H2. The highest BCUT2D eigenvalue weighted by Gasteiger charge is 1.94. The molecule has 1 nitrogen and oxygen atoms in total. The van der Waals surface area contributed by atoms with Crippen LogP contribution < -0.4 is 0 Å². The Labute approximate surface area is 62.2 Å².